The largest absolute Gasteiger partial charge is 0.383 e. The summed E-state index contributed by atoms with van der Waals surface area (Å²) in [5.74, 6) is -0.474. The Balaban J connectivity index is 2.41. The molecule has 0 saturated carbocycles. The maximum absolute atomic E-state index is 12.2. The molecule has 2 rings (SSSR count). The Morgan fingerprint density at radius 3 is 2.65 bits per heavy atom. The van der Waals surface area contributed by atoms with E-state index in [0.717, 1.165) is 6.20 Å². The molecule has 0 atom stereocenters. The zero-order chi connectivity index (χ0) is 14.8. The van der Waals surface area contributed by atoms with Crippen molar-refractivity contribution >= 4 is 27.4 Å². The van der Waals surface area contributed by atoms with Crippen LogP contribution in [-0.2, 0) is 10.0 Å². The average molecular weight is 295 g/mol. The lowest BCUT2D eigenvalue weighted by molar-refractivity contribution is 0.0964. The Hall–Kier alpha value is -2.55. The third-order valence-electron chi connectivity index (χ3n) is 2.56. The number of para-hydroxylation sites is 1. The number of carbonyl (C=O) groups excluding carboxylic acids is 1. The Labute approximate surface area is 115 Å². The van der Waals surface area contributed by atoms with Gasteiger partial charge in [-0.3, -0.25) is 14.6 Å². The monoisotopic (exact) mass is 295 g/mol. The van der Waals surface area contributed by atoms with E-state index in [4.69, 9.17) is 5.73 Å². The smallest absolute Gasteiger partial charge is 0.267 e. The minimum Gasteiger partial charge on any atom is -0.383 e. The van der Waals surface area contributed by atoms with Crippen molar-refractivity contribution < 1.29 is 13.2 Å². The van der Waals surface area contributed by atoms with Crippen LogP contribution in [0.1, 0.15) is 10.4 Å². The molecule has 1 aromatic heterocycles. The number of rotatable bonds is 4. The van der Waals surface area contributed by atoms with Gasteiger partial charge in [-0.1, -0.05) is 12.1 Å². The lowest BCUT2D eigenvalue weighted by Crippen LogP contribution is -2.21. The molecule has 0 aliphatic rings. The molecule has 1 heterocycles. The number of aromatic amines is 1. The van der Waals surface area contributed by atoms with Crippen LogP contribution < -0.4 is 15.8 Å². The second kappa shape index (κ2) is 5.21. The third kappa shape index (κ3) is 2.57. The third-order valence-corrected chi connectivity index (χ3v) is 3.96. The number of H-pyrrole nitrogens is 1. The maximum Gasteiger partial charge on any atom is 0.267 e. The number of anilines is 2. The summed E-state index contributed by atoms with van der Waals surface area (Å²) in [5.41, 5.74) is 5.86. The lowest BCUT2D eigenvalue weighted by atomic mass is 10.2. The Morgan fingerprint density at radius 1 is 1.35 bits per heavy atom. The SMILES string of the molecule is CNC(=O)c1ccccc1NS(=O)(=O)c1cn[nH]c1N. The minimum atomic E-state index is -3.91. The first kappa shape index (κ1) is 13.9. The zero-order valence-electron chi connectivity index (χ0n) is 10.5. The van der Waals surface area contributed by atoms with Gasteiger partial charge in [0.2, 0.25) is 0 Å². The molecule has 1 aromatic carbocycles. The van der Waals surface area contributed by atoms with Crippen molar-refractivity contribution in [2.45, 2.75) is 4.90 Å². The van der Waals surface area contributed by atoms with E-state index in [0.29, 0.717) is 0 Å². The highest BCUT2D eigenvalue weighted by Gasteiger charge is 2.21. The summed E-state index contributed by atoms with van der Waals surface area (Å²) in [6, 6.07) is 6.24. The van der Waals surface area contributed by atoms with E-state index in [1.165, 1.54) is 19.2 Å². The second-order valence-electron chi connectivity index (χ2n) is 3.88. The van der Waals surface area contributed by atoms with Gasteiger partial charge >= 0.3 is 0 Å². The van der Waals surface area contributed by atoms with E-state index >= 15 is 0 Å². The van der Waals surface area contributed by atoms with Gasteiger partial charge < -0.3 is 11.1 Å². The Bertz CT molecular complexity index is 738. The Morgan fingerprint density at radius 2 is 2.05 bits per heavy atom. The molecule has 0 saturated heterocycles. The van der Waals surface area contributed by atoms with E-state index in [9.17, 15) is 13.2 Å². The van der Waals surface area contributed by atoms with Gasteiger partial charge in [0.25, 0.3) is 15.9 Å². The molecule has 0 fully saturated rings. The molecule has 2 aromatic rings. The molecule has 106 valence electrons. The highest BCUT2D eigenvalue weighted by Crippen LogP contribution is 2.22. The summed E-state index contributed by atoms with van der Waals surface area (Å²) in [6.07, 6.45) is 1.10. The molecule has 0 spiro atoms. The van der Waals surface area contributed by atoms with Crippen molar-refractivity contribution in [1.82, 2.24) is 15.5 Å². The van der Waals surface area contributed by atoms with Crippen LogP contribution in [0.4, 0.5) is 11.5 Å². The Kier molecular flexibility index (Phi) is 3.61. The first-order valence-electron chi connectivity index (χ1n) is 5.58. The predicted molar refractivity (Wildman–Crippen MR) is 73.6 cm³/mol. The fourth-order valence-corrected chi connectivity index (χ4v) is 2.71. The van der Waals surface area contributed by atoms with Crippen molar-refractivity contribution in [1.29, 1.82) is 0 Å². The fourth-order valence-electron chi connectivity index (χ4n) is 1.60. The van der Waals surface area contributed by atoms with Crippen molar-refractivity contribution in [2.24, 2.45) is 0 Å². The highest BCUT2D eigenvalue weighted by atomic mass is 32.2. The number of aromatic nitrogens is 2. The molecule has 5 N–H and O–H groups in total. The summed E-state index contributed by atoms with van der Waals surface area (Å²) >= 11 is 0. The number of carbonyl (C=O) groups is 1. The quantitative estimate of drug-likeness (QED) is 0.638. The second-order valence-corrected chi connectivity index (χ2v) is 5.53. The van der Waals surface area contributed by atoms with Gasteiger partial charge in [-0.15, -0.1) is 0 Å². The topological polar surface area (TPSA) is 130 Å². The van der Waals surface area contributed by atoms with Crippen LogP contribution in [0.2, 0.25) is 0 Å². The molecule has 0 aliphatic carbocycles. The van der Waals surface area contributed by atoms with E-state index < -0.39 is 15.9 Å². The predicted octanol–water partition coefficient (Wildman–Crippen LogP) is 0.152. The van der Waals surface area contributed by atoms with E-state index in [1.54, 1.807) is 12.1 Å². The summed E-state index contributed by atoms with van der Waals surface area (Å²) in [5, 5.41) is 8.33. The molecular formula is C11H13N5O3S. The van der Waals surface area contributed by atoms with Crippen LogP contribution in [0.15, 0.2) is 35.4 Å². The minimum absolute atomic E-state index is 0.0741. The zero-order valence-corrected chi connectivity index (χ0v) is 11.4. The van der Waals surface area contributed by atoms with Gasteiger partial charge in [0.1, 0.15) is 10.7 Å². The van der Waals surface area contributed by atoms with Gasteiger partial charge in [-0.2, -0.15) is 5.10 Å². The number of sulfonamides is 1. The van der Waals surface area contributed by atoms with Crippen LogP contribution in [0.3, 0.4) is 0 Å². The fraction of sp³-hybridized carbons (Fsp3) is 0.0909. The molecule has 9 heteroatoms. The molecule has 0 aliphatic heterocycles. The van der Waals surface area contributed by atoms with Gasteiger partial charge in [0.05, 0.1) is 17.4 Å². The van der Waals surface area contributed by atoms with Crippen molar-refractivity contribution in [3.63, 3.8) is 0 Å². The molecule has 0 bridgehead atoms. The molecule has 0 unspecified atom stereocenters. The summed E-state index contributed by atoms with van der Waals surface area (Å²) in [4.78, 5) is 11.5. The van der Waals surface area contributed by atoms with Crippen molar-refractivity contribution in [2.75, 3.05) is 17.5 Å². The van der Waals surface area contributed by atoms with Gasteiger partial charge in [-0.25, -0.2) is 8.42 Å². The summed E-state index contributed by atoms with van der Waals surface area (Å²) < 4.78 is 26.6. The highest BCUT2D eigenvalue weighted by molar-refractivity contribution is 7.92. The van der Waals surface area contributed by atoms with Crippen LogP contribution in [0.25, 0.3) is 0 Å². The number of amides is 1. The molecule has 8 nitrogen and oxygen atoms in total. The van der Waals surface area contributed by atoms with Gasteiger partial charge in [0.15, 0.2) is 0 Å². The number of nitrogen functional groups attached to an aromatic ring is 1. The normalized spacial score (nSPS) is 11.1. The van der Waals surface area contributed by atoms with Crippen molar-refractivity contribution in [3.8, 4) is 0 Å². The van der Waals surface area contributed by atoms with Crippen LogP contribution in [-0.4, -0.2) is 31.6 Å². The number of hydrogen-bond acceptors (Lipinski definition) is 5. The van der Waals surface area contributed by atoms with Crippen molar-refractivity contribution in [3.05, 3.63) is 36.0 Å². The number of nitrogens with two attached hydrogens (primary N) is 1. The average Bonchev–Trinajstić information content (AvgIpc) is 2.85. The van der Waals surface area contributed by atoms with E-state index in [2.05, 4.69) is 20.2 Å². The van der Waals surface area contributed by atoms with Gasteiger partial charge in [0, 0.05) is 7.05 Å². The van der Waals surface area contributed by atoms with E-state index in [1.807, 2.05) is 0 Å². The van der Waals surface area contributed by atoms with Crippen LogP contribution in [0.5, 0.6) is 0 Å². The van der Waals surface area contributed by atoms with Crippen LogP contribution in [0, 0.1) is 0 Å². The standard InChI is InChI=1S/C11H13N5O3S/c1-13-11(17)7-4-2-3-5-8(7)16-20(18,19)9-6-14-15-10(9)12/h2-6,16H,1H3,(H,13,17)(H3,12,14,15). The number of nitrogens with zero attached hydrogens (tertiary/aromatic N) is 1. The first-order chi connectivity index (χ1) is 9.45. The number of nitrogens with one attached hydrogen (secondary N) is 3. The molecule has 1 amide bonds. The lowest BCUT2D eigenvalue weighted by Gasteiger charge is -2.11. The molecule has 0 radical (unpaired) electrons. The van der Waals surface area contributed by atoms with Gasteiger partial charge in [-0.05, 0) is 12.1 Å². The summed E-state index contributed by atoms with van der Waals surface area (Å²) in [7, 11) is -2.45. The molecular weight excluding hydrogens is 282 g/mol. The maximum atomic E-state index is 12.2. The van der Waals surface area contributed by atoms with Crippen LogP contribution >= 0.6 is 0 Å². The number of benzene rings is 1. The van der Waals surface area contributed by atoms with E-state index in [-0.39, 0.29) is 22.0 Å². The molecule has 20 heavy (non-hydrogen) atoms. The first-order valence-corrected chi connectivity index (χ1v) is 7.07. The summed E-state index contributed by atoms with van der Waals surface area (Å²) in [6.45, 7) is 0. The number of hydrogen-bond donors (Lipinski definition) is 4.